The molecule has 1 aromatic rings. The Hall–Kier alpha value is -1.89. The third kappa shape index (κ3) is 5.33. The molecule has 7 nitrogen and oxygen atoms in total. The van der Waals surface area contributed by atoms with Crippen LogP contribution in [0.3, 0.4) is 0 Å². The summed E-state index contributed by atoms with van der Waals surface area (Å²) in [5.74, 6) is 1.78. The first kappa shape index (κ1) is 18.4. The first-order chi connectivity index (χ1) is 11.0. The van der Waals surface area contributed by atoms with Crippen LogP contribution in [0, 0.1) is 0 Å². The van der Waals surface area contributed by atoms with Crippen LogP contribution in [-0.2, 0) is 10.2 Å². The molecule has 2 heterocycles. The van der Waals surface area contributed by atoms with Crippen LogP contribution >= 0.6 is 0 Å². The second-order valence-electron chi connectivity index (χ2n) is 8.08. The lowest BCUT2D eigenvalue weighted by atomic mass is 9.96. The standard InChI is InChI=1S/C17H29N5O2/c1-16(2,3)14-18-8-7-13(19-14)21-9-11-22(12-10-21)20-15(23)24-17(4,5)6/h7-8H,9-12H2,1-6H3,(H,20,23). The van der Waals surface area contributed by atoms with Crippen LogP contribution in [0.15, 0.2) is 12.3 Å². The van der Waals surface area contributed by atoms with Crippen molar-refractivity contribution in [2.45, 2.75) is 52.6 Å². The fourth-order valence-corrected chi connectivity index (χ4v) is 2.36. The Labute approximate surface area is 144 Å². The van der Waals surface area contributed by atoms with E-state index in [0.29, 0.717) is 13.1 Å². The zero-order chi connectivity index (χ0) is 18.0. The smallest absolute Gasteiger partial charge is 0.422 e. The number of nitrogens with zero attached hydrogens (tertiary/aromatic N) is 4. The van der Waals surface area contributed by atoms with Gasteiger partial charge in [0.05, 0.1) is 0 Å². The minimum atomic E-state index is -0.490. The number of anilines is 1. The maximum atomic E-state index is 11.8. The van der Waals surface area contributed by atoms with Gasteiger partial charge in [0.15, 0.2) is 0 Å². The molecule has 0 atom stereocenters. The van der Waals surface area contributed by atoms with Crippen LogP contribution in [0.5, 0.6) is 0 Å². The van der Waals surface area contributed by atoms with E-state index in [0.717, 1.165) is 24.7 Å². The molecule has 1 aromatic heterocycles. The SMILES string of the molecule is CC(C)(C)OC(=O)NN1CCN(c2ccnc(C(C)(C)C)n2)CC1. The lowest BCUT2D eigenvalue weighted by Gasteiger charge is -2.35. The molecule has 1 fully saturated rings. The van der Waals surface area contributed by atoms with Crippen LogP contribution in [-0.4, -0.2) is 52.9 Å². The van der Waals surface area contributed by atoms with E-state index in [2.05, 4.69) is 41.1 Å². The molecule has 1 N–H and O–H groups in total. The summed E-state index contributed by atoms with van der Waals surface area (Å²) in [7, 11) is 0. The number of hydrazine groups is 1. The Morgan fingerprint density at radius 1 is 1.12 bits per heavy atom. The van der Waals surface area contributed by atoms with Crippen molar-refractivity contribution in [2.24, 2.45) is 0 Å². The van der Waals surface area contributed by atoms with E-state index in [4.69, 9.17) is 4.74 Å². The predicted octanol–water partition coefficient (Wildman–Crippen LogP) is 2.34. The topological polar surface area (TPSA) is 70.6 Å². The van der Waals surface area contributed by atoms with Gasteiger partial charge in [-0.3, -0.25) is 5.43 Å². The summed E-state index contributed by atoms with van der Waals surface area (Å²) < 4.78 is 5.28. The van der Waals surface area contributed by atoms with Crippen molar-refractivity contribution in [2.75, 3.05) is 31.1 Å². The summed E-state index contributed by atoms with van der Waals surface area (Å²) in [6.45, 7) is 14.9. The number of carbonyl (C=O) groups is 1. The van der Waals surface area contributed by atoms with Gasteiger partial charge in [-0.25, -0.2) is 19.8 Å². The summed E-state index contributed by atoms with van der Waals surface area (Å²) in [5, 5.41) is 1.89. The lowest BCUT2D eigenvalue weighted by Crippen LogP contribution is -2.54. The molecule has 24 heavy (non-hydrogen) atoms. The van der Waals surface area contributed by atoms with Gasteiger partial charge < -0.3 is 9.64 Å². The summed E-state index contributed by atoms with van der Waals surface area (Å²) in [4.78, 5) is 23.1. The van der Waals surface area contributed by atoms with Gasteiger partial charge in [0.2, 0.25) is 0 Å². The van der Waals surface area contributed by atoms with Crippen molar-refractivity contribution in [1.82, 2.24) is 20.4 Å². The Morgan fingerprint density at radius 3 is 2.29 bits per heavy atom. The molecule has 1 amide bonds. The fourth-order valence-electron chi connectivity index (χ4n) is 2.36. The highest BCUT2D eigenvalue weighted by atomic mass is 16.6. The fraction of sp³-hybridized carbons (Fsp3) is 0.706. The van der Waals surface area contributed by atoms with Crippen molar-refractivity contribution >= 4 is 11.9 Å². The van der Waals surface area contributed by atoms with Crippen LogP contribution in [0.25, 0.3) is 0 Å². The van der Waals surface area contributed by atoms with E-state index >= 15 is 0 Å². The number of hydrogen-bond acceptors (Lipinski definition) is 6. The maximum absolute atomic E-state index is 11.8. The molecule has 0 saturated carbocycles. The lowest BCUT2D eigenvalue weighted by molar-refractivity contribution is 0.0320. The molecular formula is C17H29N5O2. The van der Waals surface area contributed by atoms with Gasteiger partial charge in [0.1, 0.15) is 17.2 Å². The van der Waals surface area contributed by atoms with Crippen LogP contribution < -0.4 is 10.3 Å². The van der Waals surface area contributed by atoms with Crippen molar-refractivity contribution in [1.29, 1.82) is 0 Å². The molecule has 2 rings (SSSR count). The Balaban J connectivity index is 1.90. The molecule has 7 heteroatoms. The first-order valence-corrected chi connectivity index (χ1v) is 8.38. The van der Waals surface area contributed by atoms with Crippen molar-refractivity contribution in [3.63, 3.8) is 0 Å². The van der Waals surface area contributed by atoms with E-state index in [1.807, 2.05) is 38.0 Å². The number of nitrogens with one attached hydrogen (secondary N) is 1. The number of carbonyl (C=O) groups excluding carboxylic acids is 1. The largest absolute Gasteiger partial charge is 0.443 e. The third-order valence-electron chi connectivity index (χ3n) is 3.56. The van der Waals surface area contributed by atoms with Crippen LogP contribution in [0.1, 0.15) is 47.4 Å². The number of rotatable bonds is 2. The van der Waals surface area contributed by atoms with Crippen molar-refractivity contribution < 1.29 is 9.53 Å². The molecule has 1 aliphatic rings. The van der Waals surface area contributed by atoms with E-state index in [1.54, 1.807) is 0 Å². The quantitative estimate of drug-likeness (QED) is 0.894. The molecule has 0 aliphatic carbocycles. The second-order valence-corrected chi connectivity index (χ2v) is 8.08. The highest BCUT2D eigenvalue weighted by molar-refractivity contribution is 5.67. The van der Waals surface area contributed by atoms with E-state index in [-0.39, 0.29) is 5.41 Å². The molecule has 0 bridgehead atoms. The zero-order valence-corrected chi connectivity index (χ0v) is 15.6. The molecule has 0 spiro atoms. The van der Waals surface area contributed by atoms with Crippen LogP contribution in [0.4, 0.5) is 10.6 Å². The average Bonchev–Trinajstić information content (AvgIpc) is 2.45. The number of hydrogen-bond donors (Lipinski definition) is 1. The van der Waals surface area contributed by atoms with Gasteiger partial charge in [-0.2, -0.15) is 0 Å². The van der Waals surface area contributed by atoms with E-state index in [1.165, 1.54) is 0 Å². The molecular weight excluding hydrogens is 306 g/mol. The van der Waals surface area contributed by atoms with Crippen LogP contribution in [0.2, 0.25) is 0 Å². The van der Waals surface area contributed by atoms with E-state index in [9.17, 15) is 4.79 Å². The average molecular weight is 335 g/mol. The van der Waals surface area contributed by atoms with Gasteiger partial charge >= 0.3 is 6.09 Å². The Kier molecular flexibility index (Phi) is 5.32. The third-order valence-corrected chi connectivity index (χ3v) is 3.56. The van der Waals surface area contributed by atoms with Gasteiger partial charge in [-0.1, -0.05) is 20.8 Å². The molecule has 0 aromatic carbocycles. The Morgan fingerprint density at radius 2 is 1.75 bits per heavy atom. The Bertz CT molecular complexity index is 569. The molecule has 1 aliphatic heterocycles. The van der Waals surface area contributed by atoms with Gasteiger partial charge in [0.25, 0.3) is 0 Å². The number of aromatic nitrogens is 2. The highest BCUT2D eigenvalue weighted by Crippen LogP contribution is 2.21. The summed E-state index contributed by atoms with van der Waals surface area (Å²) in [6.07, 6.45) is 1.40. The number of piperazine rings is 1. The highest BCUT2D eigenvalue weighted by Gasteiger charge is 2.24. The maximum Gasteiger partial charge on any atom is 0.422 e. The van der Waals surface area contributed by atoms with E-state index < -0.39 is 11.7 Å². The first-order valence-electron chi connectivity index (χ1n) is 8.38. The minimum Gasteiger partial charge on any atom is -0.443 e. The minimum absolute atomic E-state index is 0.0733. The number of ether oxygens (including phenoxy) is 1. The predicted molar refractivity (Wildman–Crippen MR) is 93.9 cm³/mol. The normalized spacial score (nSPS) is 16.8. The monoisotopic (exact) mass is 335 g/mol. The second kappa shape index (κ2) is 6.93. The zero-order valence-electron chi connectivity index (χ0n) is 15.6. The molecule has 0 radical (unpaired) electrons. The van der Waals surface area contributed by atoms with Gasteiger partial charge in [0, 0.05) is 37.8 Å². The van der Waals surface area contributed by atoms with Crippen molar-refractivity contribution in [3.05, 3.63) is 18.1 Å². The number of amides is 1. The van der Waals surface area contributed by atoms with Gasteiger partial charge in [-0.15, -0.1) is 0 Å². The van der Waals surface area contributed by atoms with Gasteiger partial charge in [-0.05, 0) is 26.8 Å². The summed E-state index contributed by atoms with van der Waals surface area (Å²) in [5.41, 5.74) is 2.23. The molecule has 0 unspecified atom stereocenters. The van der Waals surface area contributed by atoms with Crippen molar-refractivity contribution in [3.8, 4) is 0 Å². The summed E-state index contributed by atoms with van der Waals surface area (Å²) >= 11 is 0. The molecule has 1 saturated heterocycles. The summed E-state index contributed by atoms with van der Waals surface area (Å²) in [6, 6.07) is 1.94. The molecule has 134 valence electrons.